The molecule has 18 heavy (non-hydrogen) atoms. The van der Waals surface area contributed by atoms with Crippen LogP contribution in [-0.4, -0.2) is 30.4 Å². The predicted octanol–water partition coefficient (Wildman–Crippen LogP) is 1.50. The van der Waals surface area contributed by atoms with Crippen molar-refractivity contribution in [1.29, 1.82) is 0 Å². The number of benzene rings is 1. The van der Waals surface area contributed by atoms with Crippen LogP contribution in [0.3, 0.4) is 0 Å². The lowest BCUT2D eigenvalue weighted by Crippen LogP contribution is -2.29. The van der Waals surface area contributed by atoms with E-state index in [1.807, 2.05) is 4.90 Å². The Morgan fingerprint density at radius 1 is 1.22 bits per heavy atom. The van der Waals surface area contributed by atoms with E-state index in [0.717, 1.165) is 32.6 Å². The summed E-state index contributed by atoms with van der Waals surface area (Å²) in [5.74, 6) is 0.293. The summed E-state index contributed by atoms with van der Waals surface area (Å²) in [4.78, 5) is 14.1. The normalized spacial score (nSPS) is 18.8. The first-order valence-electron chi connectivity index (χ1n) is 6.92. The molecule has 1 aromatic carbocycles. The van der Waals surface area contributed by atoms with Gasteiger partial charge in [-0.15, -0.1) is 0 Å². The minimum Gasteiger partial charge on any atom is -0.342 e. The Hall–Kier alpha value is -1.35. The smallest absolute Gasteiger partial charge is 0.226 e. The number of carbonyl (C=O) groups excluding carboxylic acids is 1. The minimum atomic E-state index is 0.293. The molecule has 1 amide bonds. The SMILES string of the molecule is O=C(Cc1ccc2c(c1)CCNC2)N1CCCC1. The van der Waals surface area contributed by atoms with Gasteiger partial charge in [-0.2, -0.15) is 0 Å². The van der Waals surface area contributed by atoms with Gasteiger partial charge in [0.15, 0.2) is 0 Å². The van der Waals surface area contributed by atoms with Crippen LogP contribution in [0.15, 0.2) is 18.2 Å². The quantitative estimate of drug-likeness (QED) is 0.855. The molecule has 1 aromatic rings. The minimum absolute atomic E-state index is 0.293. The van der Waals surface area contributed by atoms with Crippen LogP contribution in [0.1, 0.15) is 29.5 Å². The molecule has 0 unspecified atom stereocenters. The van der Waals surface area contributed by atoms with Gasteiger partial charge in [-0.25, -0.2) is 0 Å². The zero-order valence-corrected chi connectivity index (χ0v) is 10.7. The highest BCUT2D eigenvalue weighted by atomic mass is 16.2. The molecule has 3 rings (SSSR count). The summed E-state index contributed by atoms with van der Waals surface area (Å²) in [5.41, 5.74) is 3.98. The van der Waals surface area contributed by atoms with Crippen molar-refractivity contribution in [2.75, 3.05) is 19.6 Å². The third-order valence-corrected chi connectivity index (χ3v) is 3.97. The van der Waals surface area contributed by atoms with Crippen molar-refractivity contribution in [2.24, 2.45) is 0 Å². The van der Waals surface area contributed by atoms with E-state index in [1.165, 1.54) is 29.5 Å². The highest BCUT2D eigenvalue weighted by molar-refractivity contribution is 5.79. The largest absolute Gasteiger partial charge is 0.342 e. The molecule has 0 spiro atoms. The molecule has 0 saturated carbocycles. The van der Waals surface area contributed by atoms with Gasteiger partial charge in [-0.3, -0.25) is 4.79 Å². The van der Waals surface area contributed by atoms with Crippen molar-refractivity contribution in [1.82, 2.24) is 10.2 Å². The van der Waals surface area contributed by atoms with Crippen molar-refractivity contribution < 1.29 is 4.79 Å². The molecule has 0 aromatic heterocycles. The molecule has 2 heterocycles. The number of hydrogen-bond acceptors (Lipinski definition) is 2. The first kappa shape index (κ1) is 11.7. The first-order chi connectivity index (χ1) is 8.83. The molecule has 3 heteroatoms. The molecule has 1 fully saturated rings. The summed E-state index contributed by atoms with van der Waals surface area (Å²) in [7, 11) is 0. The van der Waals surface area contributed by atoms with E-state index >= 15 is 0 Å². The van der Waals surface area contributed by atoms with Gasteiger partial charge in [-0.05, 0) is 42.5 Å². The van der Waals surface area contributed by atoms with Crippen LogP contribution < -0.4 is 5.32 Å². The van der Waals surface area contributed by atoms with Crippen LogP contribution in [0.4, 0.5) is 0 Å². The lowest BCUT2D eigenvalue weighted by molar-refractivity contribution is -0.129. The summed E-state index contributed by atoms with van der Waals surface area (Å²) in [6.07, 6.45) is 3.99. The van der Waals surface area contributed by atoms with E-state index < -0.39 is 0 Å². The number of likely N-dealkylation sites (tertiary alicyclic amines) is 1. The Bertz CT molecular complexity index is 450. The molecule has 0 bridgehead atoms. The molecular weight excluding hydrogens is 224 g/mol. The fourth-order valence-electron chi connectivity index (χ4n) is 2.89. The molecular formula is C15H20N2O. The summed E-state index contributed by atoms with van der Waals surface area (Å²) in [6, 6.07) is 6.51. The molecule has 0 aliphatic carbocycles. The molecule has 0 atom stereocenters. The third kappa shape index (κ3) is 2.41. The van der Waals surface area contributed by atoms with Crippen LogP contribution in [0.2, 0.25) is 0 Å². The molecule has 0 radical (unpaired) electrons. The second kappa shape index (κ2) is 5.11. The molecule has 96 valence electrons. The van der Waals surface area contributed by atoms with Crippen LogP contribution in [-0.2, 0) is 24.2 Å². The fraction of sp³-hybridized carbons (Fsp3) is 0.533. The maximum atomic E-state index is 12.1. The standard InChI is InChI=1S/C15H20N2O/c18-15(17-7-1-2-8-17)10-12-3-4-14-11-16-6-5-13(14)9-12/h3-4,9,16H,1-2,5-8,10-11H2. The summed E-state index contributed by atoms with van der Waals surface area (Å²) in [6.45, 7) is 3.92. The summed E-state index contributed by atoms with van der Waals surface area (Å²) in [5, 5.41) is 3.37. The summed E-state index contributed by atoms with van der Waals surface area (Å²) >= 11 is 0. The van der Waals surface area contributed by atoms with Gasteiger partial charge < -0.3 is 10.2 Å². The van der Waals surface area contributed by atoms with Crippen molar-refractivity contribution in [3.8, 4) is 0 Å². The molecule has 3 nitrogen and oxygen atoms in total. The van der Waals surface area contributed by atoms with Crippen molar-refractivity contribution in [3.05, 3.63) is 34.9 Å². The van der Waals surface area contributed by atoms with Gasteiger partial charge in [0.2, 0.25) is 5.91 Å². The van der Waals surface area contributed by atoms with Gasteiger partial charge in [-0.1, -0.05) is 18.2 Å². The third-order valence-electron chi connectivity index (χ3n) is 3.97. The Morgan fingerprint density at radius 3 is 2.89 bits per heavy atom. The highest BCUT2D eigenvalue weighted by Gasteiger charge is 2.18. The number of amides is 1. The van der Waals surface area contributed by atoms with E-state index in [0.29, 0.717) is 12.3 Å². The van der Waals surface area contributed by atoms with Crippen LogP contribution in [0.25, 0.3) is 0 Å². The van der Waals surface area contributed by atoms with E-state index in [-0.39, 0.29) is 0 Å². The lowest BCUT2D eigenvalue weighted by atomic mass is 9.97. The average Bonchev–Trinajstić information content (AvgIpc) is 2.92. The highest BCUT2D eigenvalue weighted by Crippen LogP contribution is 2.17. The van der Waals surface area contributed by atoms with E-state index in [4.69, 9.17) is 0 Å². The van der Waals surface area contributed by atoms with E-state index in [2.05, 4.69) is 23.5 Å². The number of rotatable bonds is 2. The second-order valence-corrected chi connectivity index (χ2v) is 5.29. The van der Waals surface area contributed by atoms with Crippen LogP contribution in [0, 0.1) is 0 Å². The maximum absolute atomic E-state index is 12.1. The van der Waals surface area contributed by atoms with Crippen molar-refractivity contribution in [2.45, 2.75) is 32.2 Å². The monoisotopic (exact) mass is 244 g/mol. The van der Waals surface area contributed by atoms with Crippen molar-refractivity contribution >= 4 is 5.91 Å². The zero-order valence-electron chi connectivity index (χ0n) is 10.7. The average molecular weight is 244 g/mol. The number of carbonyl (C=O) groups is 1. The topological polar surface area (TPSA) is 32.3 Å². The number of nitrogens with zero attached hydrogens (tertiary/aromatic N) is 1. The van der Waals surface area contributed by atoms with Gasteiger partial charge in [0, 0.05) is 19.6 Å². The zero-order chi connectivity index (χ0) is 12.4. The molecule has 2 aliphatic heterocycles. The Balaban J connectivity index is 1.70. The Labute approximate surface area is 108 Å². The van der Waals surface area contributed by atoms with Gasteiger partial charge in [0.05, 0.1) is 6.42 Å². The lowest BCUT2D eigenvalue weighted by Gasteiger charge is -2.19. The second-order valence-electron chi connectivity index (χ2n) is 5.29. The first-order valence-corrected chi connectivity index (χ1v) is 6.92. The Morgan fingerprint density at radius 2 is 2.06 bits per heavy atom. The number of nitrogens with one attached hydrogen (secondary N) is 1. The predicted molar refractivity (Wildman–Crippen MR) is 71.4 cm³/mol. The summed E-state index contributed by atoms with van der Waals surface area (Å²) < 4.78 is 0. The Kier molecular flexibility index (Phi) is 3.33. The number of hydrogen-bond donors (Lipinski definition) is 1. The van der Waals surface area contributed by atoms with Crippen LogP contribution >= 0.6 is 0 Å². The molecule has 1 saturated heterocycles. The fourth-order valence-corrected chi connectivity index (χ4v) is 2.89. The molecule has 1 N–H and O–H groups in total. The number of fused-ring (bicyclic) bond motifs is 1. The van der Waals surface area contributed by atoms with Gasteiger partial charge in [0.1, 0.15) is 0 Å². The van der Waals surface area contributed by atoms with Crippen LogP contribution in [0.5, 0.6) is 0 Å². The van der Waals surface area contributed by atoms with Crippen molar-refractivity contribution in [3.63, 3.8) is 0 Å². The molecule has 2 aliphatic rings. The van der Waals surface area contributed by atoms with Gasteiger partial charge in [0.25, 0.3) is 0 Å². The van der Waals surface area contributed by atoms with Gasteiger partial charge >= 0.3 is 0 Å². The van der Waals surface area contributed by atoms with E-state index in [9.17, 15) is 4.79 Å². The van der Waals surface area contributed by atoms with E-state index in [1.54, 1.807) is 0 Å². The maximum Gasteiger partial charge on any atom is 0.226 e.